The van der Waals surface area contributed by atoms with Crippen LogP contribution in [0.25, 0.3) is 0 Å². The molecule has 2 aromatic rings. The van der Waals surface area contributed by atoms with Crippen molar-refractivity contribution in [3.05, 3.63) is 64.7 Å². The smallest absolute Gasteiger partial charge is 0.121 e. The van der Waals surface area contributed by atoms with Gasteiger partial charge in [0.1, 0.15) is 5.75 Å². The standard InChI is InChI=1S/C17H21NO/c1-12-9-15(10-13(2)17(12)19)11-18-14(3)16-7-5-4-6-8-16/h4-10,14,18-19H,11H2,1-3H3/t14-/m0/s1. The van der Waals surface area contributed by atoms with Crippen molar-refractivity contribution in [2.24, 2.45) is 0 Å². The second-order valence-electron chi connectivity index (χ2n) is 5.09. The third kappa shape index (κ3) is 3.36. The van der Waals surface area contributed by atoms with Crippen LogP contribution in [0.2, 0.25) is 0 Å². The number of aromatic hydroxyl groups is 1. The van der Waals surface area contributed by atoms with Gasteiger partial charge < -0.3 is 10.4 Å². The van der Waals surface area contributed by atoms with Crippen LogP contribution >= 0.6 is 0 Å². The third-order valence-electron chi connectivity index (χ3n) is 3.46. The number of benzene rings is 2. The van der Waals surface area contributed by atoms with E-state index in [-0.39, 0.29) is 0 Å². The van der Waals surface area contributed by atoms with Crippen LogP contribution in [0.15, 0.2) is 42.5 Å². The lowest BCUT2D eigenvalue weighted by Crippen LogP contribution is -2.18. The van der Waals surface area contributed by atoms with Crippen molar-refractivity contribution in [2.45, 2.75) is 33.4 Å². The summed E-state index contributed by atoms with van der Waals surface area (Å²) in [6.07, 6.45) is 0. The van der Waals surface area contributed by atoms with Gasteiger partial charge in [-0.05, 0) is 43.0 Å². The summed E-state index contributed by atoms with van der Waals surface area (Å²) < 4.78 is 0. The Morgan fingerprint density at radius 1 is 1.05 bits per heavy atom. The Morgan fingerprint density at radius 3 is 2.21 bits per heavy atom. The predicted octanol–water partition coefficient (Wildman–Crippen LogP) is 3.86. The van der Waals surface area contributed by atoms with Crippen LogP contribution in [0.5, 0.6) is 5.75 Å². The number of rotatable bonds is 4. The maximum Gasteiger partial charge on any atom is 0.121 e. The molecule has 2 aromatic carbocycles. The van der Waals surface area contributed by atoms with E-state index in [0.717, 1.165) is 17.7 Å². The highest BCUT2D eigenvalue weighted by Gasteiger charge is 2.06. The molecule has 0 aromatic heterocycles. The normalized spacial score (nSPS) is 12.4. The van der Waals surface area contributed by atoms with Gasteiger partial charge in [-0.15, -0.1) is 0 Å². The molecule has 0 aliphatic carbocycles. The molecule has 0 saturated heterocycles. The fourth-order valence-electron chi connectivity index (χ4n) is 2.28. The molecule has 0 amide bonds. The molecule has 1 atom stereocenters. The van der Waals surface area contributed by atoms with Gasteiger partial charge in [-0.1, -0.05) is 42.5 Å². The van der Waals surface area contributed by atoms with Crippen molar-refractivity contribution in [3.63, 3.8) is 0 Å². The van der Waals surface area contributed by atoms with Gasteiger partial charge in [0.2, 0.25) is 0 Å². The van der Waals surface area contributed by atoms with Crippen molar-refractivity contribution in [2.75, 3.05) is 0 Å². The van der Waals surface area contributed by atoms with Crippen LogP contribution in [0, 0.1) is 13.8 Å². The fraction of sp³-hybridized carbons (Fsp3) is 0.294. The topological polar surface area (TPSA) is 32.3 Å². The van der Waals surface area contributed by atoms with Crippen LogP contribution in [-0.2, 0) is 6.54 Å². The molecule has 0 bridgehead atoms. The van der Waals surface area contributed by atoms with E-state index in [2.05, 4.69) is 36.5 Å². The lowest BCUT2D eigenvalue weighted by Gasteiger charge is -2.15. The Balaban J connectivity index is 2.03. The number of hydrogen-bond donors (Lipinski definition) is 2. The summed E-state index contributed by atoms with van der Waals surface area (Å²) in [5.41, 5.74) is 4.36. The van der Waals surface area contributed by atoms with E-state index in [0.29, 0.717) is 11.8 Å². The van der Waals surface area contributed by atoms with Gasteiger partial charge in [0, 0.05) is 12.6 Å². The van der Waals surface area contributed by atoms with Gasteiger partial charge in [-0.2, -0.15) is 0 Å². The minimum atomic E-state index is 0.315. The molecule has 0 saturated carbocycles. The summed E-state index contributed by atoms with van der Waals surface area (Å²) in [5, 5.41) is 13.3. The quantitative estimate of drug-likeness (QED) is 0.869. The van der Waals surface area contributed by atoms with E-state index in [9.17, 15) is 5.11 Å². The highest BCUT2D eigenvalue weighted by atomic mass is 16.3. The number of phenolic OH excluding ortho intramolecular Hbond substituents is 1. The molecule has 0 aliphatic rings. The summed E-state index contributed by atoms with van der Waals surface area (Å²) in [6, 6.07) is 14.8. The number of hydrogen-bond acceptors (Lipinski definition) is 2. The Labute approximate surface area is 115 Å². The number of phenols is 1. The van der Waals surface area contributed by atoms with Crippen LogP contribution < -0.4 is 5.32 Å². The molecule has 2 nitrogen and oxygen atoms in total. The Bertz CT molecular complexity index is 525. The van der Waals surface area contributed by atoms with Crippen LogP contribution in [0.4, 0.5) is 0 Å². The first-order valence-corrected chi connectivity index (χ1v) is 6.65. The predicted molar refractivity (Wildman–Crippen MR) is 79.3 cm³/mol. The maximum atomic E-state index is 9.77. The molecule has 0 unspecified atom stereocenters. The lowest BCUT2D eigenvalue weighted by atomic mass is 10.0. The number of nitrogens with one attached hydrogen (secondary N) is 1. The largest absolute Gasteiger partial charge is 0.507 e. The highest BCUT2D eigenvalue weighted by Crippen LogP contribution is 2.23. The Kier molecular flexibility index (Phi) is 4.23. The zero-order valence-electron chi connectivity index (χ0n) is 11.8. The monoisotopic (exact) mass is 255 g/mol. The molecule has 0 radical (unpaired) electrons. The van der Waals surface area contributed by atoms with Crippen LogP contribution in [0.1, 0.15) is 35.2 Å². The average molecular weight is 255 g/mol. The van der Waals surface area contributed by atoms with E-state index in [4.69, 9.17) is 0 Å². The average Bonchev–Trinajstić information content (AvgIpc) is 2.43. The van der Waals surface area contributed by atoms with Gasteiger partial charge in [0.05, 0.1) is 0 Å². The zero-order chi connectivity index (χ0) is 13.8. The fourth-order valence-corrected chi connectivity index (χ4v) is 2.28. The SMILES string of the molecule is Cc1cc(CN[C@@H](C)c2ccccc2)cc(C)c1O. The van der Waals surface area contributed by atoms with Crippen molar-refractivity contribution in [1.82, 2.24) is 5.32 Å². The minimum Gasteiger partial charge on any atom is -0.507 e. The van der Waals surface area contributed by atoms with Gasteiger partial charge in [-0.3, -0.25) is 0 Å². The molecular weight excluding hydrogens is 234 g/mol. The minimum absolute atomic E-state index is 0.315. The molecule has 2 N–H and O–H groups in total. The van der Waals surface area contributed by atoms with Gasteiger partial charge in [0.25, 0.3) is 0 Å². The molecule has 2 heteroatoms. The second-order valence-corrected chi connectivity index (χ2v) is 5.09. The molecular formula is C17H21NO. The molecule has 0 aliphatic heterocycles. The van der Waals surface area contributed by atoms with E-state index >= 15 is 0 Å². The summed E-state index contributed by atoms with van der Waals surface area (Å²) in [6.45, 7) is 6.84. The summed E-state index contributed by atoms with van der Waals surface area (Å²) in [7, 11) is 0. The Morgan fingerprint density at radius 2 is 1.63 bits per heavy atom. The molecule has 2 rings (SSSR count). The first-order chi connectivity index (χ1) is 9.08. The van der Waals surface area contributed by atoms with Gasteiger partial charge in [0.15, 0.2) is 0 Å². The summed E-state index contributed by atoms with van der Waals surface area (Å²) >= 11 is 0. The second kappa shape index (κ2) is 5.89. The van der Waals surface area contributed by atoms with Crippen molar-refractivity contribution in [1.29, 1.82) is 0 Å². The van der Waals surface area contributed by atoms with E-state index < -0.39 is 0 Å². The summed E-state index contributed by atoms with van der Waals surface area (Å²) in [5.74, 6) is 0.403. The van der Waals surface area contributed by atoms with E-state index in [1.165, 1.54) is 11.1 Å². The number of aryl methyl sites for hydroxylation is 2. The maximum absolute atomic E-state index is 9.77. The van der Waals surface area contributed by atoms with Crippen molar-refractivity contribution < 1.29 is 5.11 Å². The molecule has 0 spiro atoms. The molecule has 19 heavy (non-hydrogen) atoms. The van der Waals surface area contributed by atoms with Gasteiger partial charge >= 0.3 is 0 Å². The highest BCUT2D eigenvalue weighted by molar-refractivity contribution is 5.42. The zero-order valence-corrected chi connectivity index (χ0v) is 11.8. The van der Waals surface area contributed by atoms with E-state index in [1.807, 2.05) is 32.0 Å². The molecule has 100 valence electrons. The van der Waals surface area contributed by atoms with Gasteiger partial charge in [-0.25, -0.2) is 0 Å². The lowest BCUT2D eigenvalue weighted by molar-refractivity contribution is 0.466. The molecule has 0 fully saturated rings. The first kappa shape index (κ1) is 13.6. The first-order valence-electron chi connectivity index (χ1n) is 6.65. The van der Waals surface area contributed by atoms with Crippen LogP contribution in [-0.4, -0.2) is 5.11 Å². The van der Waals surface area contributed by atoms with Crippen LogP contribution in [0.3, 0.4) is 0 Å². The van der Waals surface area contributed by atoms with Crippen molar-refractivity contribution in [3.8, 4) is 5.75 Å². The summed E-state index contributed by atoms with van der Waals surface area (Å²) in [4.78, 5) is 0. The third-order valence-corrected chi connectivity index (χ3v) is 3.46. The Hall–Kier alpha value is -1.80. The van der Waals surface area contributed by atoms with E-state index in [1.54, 1.807) is 0 Å². The van der Waals surface area contributed by atoms with Crippen molar-refractivity contribution >= 4 is 0 Å². The molecule has 0 heterocycles.